The molecule has 0 heterocycles. The van der Waals surface area contributed by atoms with E-state index in [0.29, 0.717) is 50.3 Å². The fourth-order valence-electron chi connectivity index (χ4n) is 11.9. The first-order valence-electron chi connectivity index (χ1n) is 27.8. The zero-order valence-corrected chi connectivity index (χ0v) is 48.5. The molecule has 534 valence electrons. The number of rotatable bonds is 18. The highest BCUT2D eigenvalue weighted by atomic mass is 19.3. The summed E-state index contributed by atoms with van der Waals surface area (Å²) in [6, 6.07) is -3.82. The summed E-state index contributed by atoms with van der Waals surface area (Å²) in [5.74, 6) is -117. The van der Waals surface area contributed by atoms with Crippen molar-refractivity contribution in [3.63, 3.8) is 0 Å². The second-order valence-electron chi connectivity index (χ2n) is 21.9. The molecule has 38 heteroatoms. The predicted octanol–water partition coefficient (Wildman–Crippen LogP) is 18.5. The van der Waals surface area contributed by atoms with Crippen molar-refractivity contribution < 1.29 is 163 Å². The maximum Gasteiger partial charge on any atom is 0.464 e. The second kappa shape index (κ2) is 27.2. The molecular weight excluding hydrogens is 1440 g/mol. The summed E-state index contributed by atoms with van der Waals surface area (Å²) in [7, 11) is 0. The van der Waals surface area contributed by atoms with E-state index in [1.807, 2.05) is 6.92 Å². The monoisotopic (exact) mass is 1470 g/mol. The molecule has 1 atom stereocenters. The number of fused-ring (bicyclic) bond motifs is 4. The maximum absolute atomic E-state index is 17.3. The molecular formula is C61H30BF36N. The Morgan fingerprint density at radius 1 is 0.283 bits per heavy atom. The van der Waals surface area contributed by atoms with Crippen LogP contribution in [0.15, 0.2) is 18.2 Å². The van der Waals surface area contributed by atoms with Gasteiger partial charge in [0.25, 0.3) is 0 Å². The number of halogens is 36. The van der Waals surface area contributed by atoms with Crippen LogP contribution in [-0.4, -0.2) is 30.6 Å². The van der Waals surface area contributed by atoms with Gasteiger partial charge < -0.3 is 0 Å². The van der Waals surface area contributed by atoms with E-state index in [-0.39, 0.29) is 19.3 Å². The Bertz CT molecular complexity index is 4310. The topological polar surface area (TPSA) is 4.44 Å². The number of quaternary nitrogens is 1. The lowest BCUT2D eigenvalue weighted by atomic mass is 9.11. The van der Waals surface area contributed by atoms with Crippen LogP contribution in [-0.2, 0) is 0 Å². The molecule has 9 rings (SSSR count). The lowest BCUT2D eigenvalue weighted by Gasteiger charge is -2.47. The van der Waals surface area contributed by atoms with Gasteiger partial charge in [-0.2, -0.15) is 17.6 Å². The van der Waals surface area contributed by atoms with Gasteiger partial charge in [0.05, 0.1) is 28.1 Å². The van der Waals surface area contributed by atoms with E-state index < -0.39 is 287 Å². The number of benzene rings is 9. The molecule has 1 N–H and O–H groups in total. The highest BCUT2D eigenvalue weighted by Crippen LogP contribution is 2.47. The minimum atomic E-state index is -8.05. The molecule has 1 unspecified atom stereocenters. The molecule has 0 aliphatic carbocycles. The molecule has 9 aromatic rings. The fraction of sp³-hybridized carbons (Fsp3) is 0.246. The van der Waals surface area contributed by atoms with Crippen LogP contribution in [0, 0.1) is 175 Å². The lowest BCUT2D eigenvalue weighted by molar-refractivity contribution is -0.949. The molecule has 99 heavy (non-hydrogen) atoms. The number of alkyl halides is 6. The third kappa shape index (κ3) is 11.4. The number of hydrogen-bond donors (Lipinski definition) is 1. The Balaban J connectivity index is 0.000000350. The molecule has 0 saturated carbocycles. The van der Waals surface area contributed by atoms with Crippen molar-refractivity contribution in [3.05, 3.63) is 193 Å². The summed E-state index contributed by atoms with van der Waals surface area (Å²) >= 11 is 0. The van der Waals surface area contributed by atoms with Gasteiger partial charge >= 0.3 is 17.9 Å². The van der Waals surface area contributed by atoms with Crippen molar-refractivity contribution in [2.75, 3.05) is 6.54 Å². The van der Waals surface area contributed by atoms with Crippen molar-refractivity contribution >= 4 is 76.8 Å². The van der Waals surface area contributed by atoms with Gasteiger partial charge in [-0.05, 0) is 52.9 Å². The van der Waals surface area contributed by atoms with Gasteiger partial charge in [-0.1, -0.05) is 46.0 Å². The van der Waals surface area contributed by atoms with Gasteiger partial charge in [0.1, 0.15) is 35.2 Å². The van der Waals surface area contributed by atoms with Crippen LogP contribution in [0.1, 0.15) is 71.6 Å². The molecule has 0 amide bonds. The van der Waals surface area contributed by atoms with E-state index in [1.54, 1.807) is 6.92 Å². The van der Waals surface area contributed by atoms with Crippen LogP contribution in [0.25, 0.3) is 43.1 Å². The standard InChI is InChI=1S/C40BF28.C21H29F8N/c42-13-1-5(21(50)37(66)33(13)62)17(46)29(58)25(54)9(1)41(10-2-6(18(47)30(59)26(10)55)22(51)38(67)34(63)14(2)43,11-3-7(19(48)31(60)27(11)56)23(52)39(68)35(64)15(3)44)12-4-8(20(49)32(61)28(12)57)24(53)40(69)36(65)16(4)45;1-3-5-7-9-13-19(24,25)20(26,27)21(28,29)30(14-10-8-6-4-2)18-15-16(22)11-12-17(18)23/h;11-12,15H,3-10,13-14H2,1-2H3/q-1;/p+1. The molecule has 0 saturated heterocycles. The summed E-state index contributed by atoms with van der Waals surface area (Å²) in [6.45, 7) is 2.88. The van der Waals surface area contributed by atoms with E-state index in [0.717, 1.165) is 0 Å². The van der Waals surface area contributed by atoms with Crippen molar-refractivity contribution in [3.8, 4) is 0 Å². The van der Waals surface area contributed by atoms with Crippen molar-refractivity contribution in [2.45, 2.75) is 89.5 Å². The molecule has 0 aliphatic heterocycles. The maximum atomic E-state index is 17.3. The smallest absolute Gasteiger partial charge is 0.234 e. The van der Waals surface area contributed by atoms with Crippen LogP contribution in [0.2, 0.25) is 0 Å². The van der Waals surface area contributed by atoms with Gasteiger partial charge in [0.15, 0.2) is 151 Å². The van der Waals surface area contributed by atoms with Gasteiger partial charge in [0, 0.05) is 12.5 Å². The first kappa shape index (κ1) is 76.3. The Kier molecular flexibility index (Phi) is 21.0. The highest BCUT2D eigenvalue weighted by molar-refractivity contribution is 7.23. The summed E-state index contributed by atoms with van der Waals surface area (Å²) in [5.41, 5.74) is -16.6. The third-order valence-corrected chi connectivity index (χ3v) is 16.4. The highest BCUT2D eigenvalue weighted by Gasteiger charge is 2.77. The minimum absolute atomic E-state index is 0.0349. The van der Waals surface area contributed by atoms with Gasteiger partial charge in [-0.25, -0.2) is 137 Å². The second-order valence-corrected chi connectivity index (χ2v) is 21.9. The Labute approximate surface area is 527 Å². The fourth-order valence-corrected chi connectivity index (χ4v) is 11.9. The lowest BCUT2D eigenvalue weighted by Crippen LogP contribution is -3.17. The van der Waals surface area contributed by atoms with E-state index in [9.17, 15) is 52.7 Å². The number of unbranched alkanes of at least 4 members (excludes halogenated alkanes) is 6. The van der Waals surface area contributed by atoms with Crippen molar-refractivity contribution in [2.24, 2.45) is 0 Å². The Hall–Kier alpha value is -8.48. The zero-order valence-electron chi connectivity index (χ0n) is 48.5. The molecule has 0 spiro atoms. The molecule has 9 aromatic carbocycles. The quantitative estimate of drug-likeness (QED) is 0.0218. The number of nitrogens with one attached hydrogen (secondary N) is 1. The summed E-state index contributed by atoms with van der Waals surface area (Å²) in [4.78, 5) is -1.49. The third-order valence-electron chi connectivity index (χ3n) is 16.4. The summed E-state index contributed by atoms with van der Waals surface area (Å²) in [5, 5.41) is -27.0. The molecule has 0 aliphatic rings. The predicted molar refractivity (Wildman–Crippen MR) is 278 cm³/mol. The van der Waals surface area contributed by atoms with E-state index in [4.69, 9.17) is 0 Å². The first-order chi connectivity index (χ1) is 45.9. The van der Waals surface area contributed by atoms with Crippen molar-refractivity contribution in [1.82, 2.24) is 0 Å². The molecule has 0 aromatic heterocycles. The van der Waals surface area contributed by atoms with Crippen molar-refractivity contribution in [1.29, 1.82) is 0 Å². The van der Waals surface area contributed by atoms with Crippen LogP contribution >= 0.6 is 0 Å². The van der Waals surface area contributed by atoms with Crippen LogP contribution in [0.3, 0.4) is 0 Å². The summed E-state index contributed by atoms with van der Waals surface area (Å²) < 4.78 is 561. The minimum Gasteiger partial charge on any atom is -0.234 e. The largest absolute Gasteiger partial charge is 0.464 e. The summed E-state index contributed by atoms with van der Waals surface area (Å²) in [6.07, 6.45) is -6.77. The van der Waals surface area contributed by atoms with Gasteiger partial charge in [-0.15, -0.1) is 30.6 Å². The normalized spacial score (nSPS) is 12.9. The molecule has 1 nitrogen and oxygen atoms in total. The Morgan fingerprint density at radius 2 is 0.525 bits per heavy atom. The SMILES string of the molecule is CCCCCC[NH+](c1cc(F)ccc1F)C(F)(F)C(F)(F)C(F)(F)CCCCCC.Fc1c(F)c(F)c2c([B-](c3c(F)c(F)c(F)c4c(F)c(F)c(F)c(F)c34)(c3c(F)c(F)c(F)c4c(F)c(F)c(F)c(F)c34)c3c(F)c(F)c(F)c4c(F)c(F)c(F)c(F)c34)c(F)c(F)c(F)c2c1F. The van der Waals surface area contributed by atoms with E-state index >= 15 is 105 Å². The van der Waals surface area contributed by atoms with E-state index in [2.05, 4.69) is 0 Å². The average Bonchev–Trinajstić information content (AvgIpc) is 0.662. The Morgan fingerprint density at radius 3 is 0.788 bits per heavy atom. The molecule has 0 bridgehead atoms. The first-order valence-corrected chi connectivity index (χ1v) is 27.8. The van der Waals surface area contributed by atoms with Crippen LogP contribution in [0.4, 0.5) is 164 Å². The van der Waals surface area contributed by atoms with Gasteiger partial charge in [0.2, 0.25) is 0 Å². The number of hydrogen-bond acceptors (Lipinski definition) is 0. The zero-order chi connectivity index (χ0) is 74.6. The van der Waals surface area contributed by atoms with Gasteiger partial charge in [-0.3, -0.25) is 0 Å². The van der Waals surface area contributed by atoms with E-state index in [1.165, 1.54) is 0 Å². The average molecular weight is 1470 g/mol. The molecule has 0 fully saturated rings. The molecule has 0 radical (unpaired) electrons. The van der Waals surface area contributed by atoms with Crippen LogP contribution in [0.5, 0.6) is 0 Å². The van der Waals surface area contributed by atoms with Crippen LogP contribution < -0.4 is 26.8 Å².